The Morgan fingerprint density at radius 1 is 1.42 bits per heavy atom. The van der Waals surface area contributed by atoms with E-state index in [1.54, 1.807) is 20.8 Å². The number of rotatable bonds is 4. The summed E-state index contributed by atoms with van der Waals surface area (Å²) in [6, 6.07) is 0. The minimum Gasteiger partial charge on any atom is -0.459 e. The molecule has 3 N–H and O–H groups in total. The molecule has 7 nitrogen and oxygen atoms in total. The third kappa shape index (κ3) is 4.51. The fourth-order valence-electron chi connectivity index (χ4n) is 1.90. The van der Waals surface area contributed by atoms with Crippen molar-refractivity contribution in [3.8, 4) is 0 Å². The van der Waals surface area contributed by atoms with Gasteiger partial charge in [-0.15, -0.1) is 0 Å². The van der Waals surface area contributed by atoms with E-state index < -0.39 is 29.4 Å². The lowest BCUT2D eigenvalue weighted by molar-refractivity contribution is -0.170. The fourth-order valence-corrected chi connectivity index (χ4v) is 1.90. The summed E-state index contributed by atoms with van der Waals surface area (Å²) in [4.78, 5) is 39.1. The van der Waals surface area contributed by atoms with Gasteiger partial charge in [-0.25, -0.2) is 4.79 Å². The number of ether oxygens (including phenoxy) is 1. The standard InChI is InChI=1S/C12H20N2O5/c1-12(2,3)18-10(16)8(11(17)19-13)6-7-4-5-14-9(7)15/h7-8H,4-6,13H2,1-3H3,(H,14,15). The van der Waals surface area contributed by atoms with E-state index in [1.165, 1.54) is 0 Å². The molecule has 7 heteroatoms. The monoisotopic (exact) mass is 272 g/mol. The minimum atomic E-state index is -1.17. The zero-order chi connectivity index (χ0) is 14.6. The molecule has 2 unspecified atom stereocenters. The van der Waals surface area contributed by atoms with Gasteiger partial charge in [-0.1, -0.05) is 0 Å². The van der Waals surface area contributed by atoms with Gasteiger partial charge >= 0.3 is 11.9 Å². The van der Waals surface area contributed by atoms with E-state index in [0.717, 1.165) is 0 Å². The maximum Gasteiger partial charge on any atom is 0.338 e. The van der Waals surface area contributed by atoms with Crippen molar-refractivity contribution in [2.45, 2.75) is 39.2 Å². The first kappa shape index (κ1) is 15.4. The zero-order valence-electron chi connectivity index (χ0n) is 11.4. The Morgan fingerprint density at radius 2 is 2.05 bits per heavy atom. The molecule has 2 atom stereocenters. The van der Waals surface area contributed by atoms with Crippen LogP contribution in [0.25, 0.3) is 0 Å². The smallest absolute Gasteiger partial charge is 0.338 e. The van der Waals surface area contributed by atoms with Crippen molar-refractivity contribution in [3.63, 3.8) is 0 Å². The number of esters is 1. The fraction of sp³-hybridized carbons (Fsp3) is 0.750. The van der Waals surface area contributed by atoms with Crippen LogP contribution in [0.1, 0.15) is 33.6 Å². The highest BCUT2D eigenvalue weighted by molar-refractivity contribution is 5.95. The molecule has 0 radical (unpaired) electrons. The predicted octanol–water partition coefficient (Wildman–Crippen LogP) is -0.113. The Labute approximate surface area is 111 Å². The number of hydrogen-bond donors (Lipinski definition) is 2. The van der Waals surface area contributed by atoms with E-state index >= 15 is 0 Å². The van der Waals surface area contributed by atoms with Crippen molar-refractivity contribution in [1.82, 2.24) is 5.32 Å². The first-order valence-electron chi connectivity index (χ1n) is 6.15. The topological polar surface area (TPSA) is 108 Å². The molecular formula is C12H20N2O5. The quantitative estimate of drug-likeness (QED) is 0.420. The molecule has 0 spiro atoms. The van der Waals surface area contributed by atoms with Gasteiger partial charge in [-0.05, 0) is 33.6 Å². The highest BCUT2D eigenvalue weighted by Crippen LogP contribution is 2.23. The molecule has 19 heavy (non-hydrogen) atoms. The summed E-state index contributed by atoms with van der Waals surface area (Å²) in [5.74, 6) is 1.50. The maximum atomic E-state index is 11.9. The van der Waals surface area contributed by atoms with Gasteiger partial charge in [0.2, 0.25) is 5.91 Å². The van der Waals surface area contributed by atoms with Crippen LogP contribution in [-0.4, -0.2) is 30.0 Å². The lowest BCUT2D eigenvalue weighted by Crippen LogP contribution is -2.36. The van der Waals surface area contributed by atoms with Crippen LogP contribution >= 0.6 is 0 Å². The van der Waals surface area contributed by atoms with Gasteiger partial charge in [-0.3, -0.25) is 9.59 Å². The van der Waals surface area contributed by atoms with Gasteiger partial charge in [0.05, 0.1) is 0 Å². The van der Waals surface area contributed by atoms with Crippen LogP contribution in [0.5, 0.6) is 0 Å². The van der Waals surface area contributed by atoms with Crippen molar-refractivity contribution in [3.05, 3.63) is 0 Å². The summed E-state index contributed by atoms with van der Waals surface area (Å²) >= 11 is 0. The van der Waals surface area contributed by atoms with E-state index in [-0.39, 0.29) is 12.3 Å². The van der Waals surface area contributed by atoms with Crippen LogP contribution in [0.3, 0.4) is 0 Å². The van der Waals surface area contributed by atoms with Crippen LogP contribution in [0.15, 0.2) is 0 Å². The third-order valence-electron chi connectivity index (χ3n) is 2.78. The second-order valence-electron chi connectivity index (χ2n) is 5.54. The molecular weight excluding hydrogens is 252 g/mol. The second kappa shape index (κ2) is 6.01. The number of nitrogens with two attached hydrogens (primary N) is 1. The average Bonchev–Trinajstić information content (AvgIpc) is 2.68. The van der Waals surface area contributed by atoms with E-state index in [0.29, 0.717) is 13.0 Å². The Hall–Kier alpha value is -1.63. The molecule has 1 heterocycles. The molecule has 0 saturated carbocycles. The van der Waals surface area contributed by atoms with Crippen molar-refractivity contribution in [2.75, 3.05) is 6.54 Å². The third-order valence-corrected chi connectivity index (χ3v) is 2.78. The van der Waals surface area contributed by atoms with Crippen molar-refractivity contribution in [1.29, 1.82) is 0 Å². The Balaban J connectivity index is 2.74. The molecule has 0 aromatic heterocycles. The molecule has 1 aliphatic heterocycles. The van der Waals surface area contributed by atoms with E-state index in [2.05, 4.69) is 10.2 Å². The van der Waals surface area contributed by atoms with Gasteiger partial charge in [0.25, 0.3) is 0 Å². The number of carbonyl (C=O) groups excluding carboxylic acids is 3. The molecule has 1 rings (SSSR count). The molecule has 1 amide bonds. The molecule has 0 aromatic carbocycles. The first-order valence-corrected chi connectivity index (χ1v) is 6.15. The van der Waals surface area contributed by atoms with Crippen molar-refractivity contribution >= 4 is 17.8 Å². The molecule has 1 saturated heterocycles. The molecule has 108 valence electrons. The van der Waals surface area contributed by atoms with Crippen LogP contribution in [-0.2, 0) is 24.0 Å². The van der Waals surface area contributed by atoms with E-state index in [9.17, 15) is 14.4 Å². The lowest BCUT2D eigenvalue weighted by atomic mass is 9.93. The SMILES string of the molecule is CC(C)(C)OC(=O)C(CC1CCNC1=O)C(=O)ON. The largest absolute Gasteiger partial charge is 0.459 e. The second-order valence-corrected chi connectivity index (χ2v) is 5.54. The number of nitrogens with one attached hydrogen (secondary N) is 1. The molecule has 0 aromatic rings. The van der Waals surface area contributed by atoms with Gasteiger partial charge in [-0.2, -0.15) is 5.90 Å². The maximum absolute atomic E-state index is 11.9. The minimum absolute atomic E-state index is 0.0524. The highest BCUT2D eigenvalue weighted by Gasteiger charge is 2.37. The molecule has 1 aliphatic rings. The van der Waals surface area contributed by atoms with Gasteiger partial charge in [0.1, 0.15) is 5.60 Å². The summed E-state index contributed by atoms with van der Waals surface area (Å²) in [7, 11) is 0. The van der Waals surface area contributed by atoms with Crippen LogP contribution in [0, 0.1) is 11.8 Å². The van der Waals surface area contributed by atoms with Gasteiger partial charge in [0.15, 0.2) is 5.92 Å². The zero-order valence-corrected chi connectivity index (χ0v) is 11.4. The normalized spacial score (nSPS) is 20.6. The summed E-state index contributed by atoms with van der Waals surface area (Å²) in [5, 5.41) is 2.64. The van der Waals surface area contributed by atoms with Crippen molar-refractivity contribution in [2.24, 2.45) is 17.7 Å². The summed E-state index contributed by atoms with van der Waals surface area (Å²) in [6.07, 6.45) is 0.632. The summed E-state index contributed by atoms with van der Waals surface area (Å²) < 4.78 is 5.14. The van der Waals surface area contributed by atoms with E-state index in [1.807, 2.05) is 0 Å². The van der Waals surface area contributed by atoms with Crippen LogP contribution in [0.2, 0.25) is 0 Å². The summed E-state index contributed by atoms with van der Waals surface area (Å²) in [6.45, 7) is 5.62. The lowest BCUT2D eigenvalue weighted by Gasteiger charge is -2.23. The Kier molecular flexibility index (Phi) is 4.88. The van der Waals surface area contributed by atoms with Crippen LogP contribution < -0.4 is 11.2 Å². The van der Waals surface area contributed by atoms with Crippen LogP contribution in [0.4, 0.5) is 0 Å². The number of amides is 1. The van der Waals surface area contributed by atoms with E-state index in [4.69, 9.17) is 10.6 Å². The Morgan fingerprint density at radius 3 is 2.47 bits per heavy atom. The number of carbonyl (C=O) groups is 3. The Bertz CT molecular complexity index is 375. The summed E-state index contributed by atoms with van der Waals surface area (Å²) in [5.41, 5.74) is -0.720. The molecule has 0 bridgehead atoms. The predicted molar refractivity (Wildman–Crippen MR) is 65.3 cm³/mol. The van der Waals surface area contributed by atoms with Gasteiger partial charge in [0, 0.05) is 12.5 Å². The molecule has 0 aliphatic carbocycles. The highest BCUT2D eigenvalue weighted by atomic mass is 16.7. The van der Waals surface area contributed by atoms with Crippen molar-refractivity contribution < 1.29 is 24.0 Å². The van der Waals surface area contributed by atoms with Gasteiger partial charge < -0.3 is 14.9 Å². The first-order chi connectivity index (χ1) is 8.74. The number of hydrogen-bond acceptors (Lipinski definition) is 6. The average molecular weight is 272 g/mol. The molecule has 1 fully saturated rings.